The normalized spacial score (nSPS) is 11.2. The van der Waals surface area contributed by atoms with Gasteiger partial charge in [-0.3, -0.25) is 9.69 Å². The number of carbonyl (C=O) groups is 1. The fraction of sp³-hybridized carbons (Fsp3) is 0.438. The fourth-order valence-electron chi connectivity index (χ4n) is 1.90. The maximum atomic E-state index is 11.9. The molecule has 0 bridgehead atoms. The van der Waals surface area contributed by atoms with Crippen LogP contribution in [0.15, 0.2) is 36.4 Å². The zero-order valence-corrected chi connectivity index (χ0v) is 12.2. The highest BCUT2D eigenvalue weighted by molar-refractivity contribution is 5.78. The molecule has 0 unspecified atom stereocenters. The SMILES string of the molecule is CCN(CC)C(=O)CN(C)C/C=C/c1ccccc1. The first-order chi connectivity index (χ1) is 9.17. The lowest BCUT2D eigenvalue weighted by Crippen LogP contribution is -2.38. The second-order valence-corrected chi connectivity index (χ2v) is 4.58. The van der Waals surface area contributed by atoms with Gasteiger partial charge in [0, 0.05) is 19.6 Å². The zero-order valence-electron chi connectivity index (χ0n) is 12.2. The summed E-state index contributed by atoms with van der Waals surface area (Å²) in [6, 6.07) is 10.2. The van der Waals surface area contributed by atoms with Gasteiger partial charge < -0.3 is 4.90 Å². The molecule has 1 aromatic rings. The minimum absolute atomic E-state index is 0.195. The summed E-state index contributed by atoms with van der Waals surface area (Å²) < 4.78 is 0. The predicted molar refractivity (Wildman–Crippen MR) is 80.9 cm³/mol. The smallest absolute Gasteiger partial charge is 0.236 e. The molecule has 0 aliphatic rings. The number of hydrogen-bond acceptors (Lipinski definition) is 2. The van der Waals surface area contributed by atoms with Crippen LogP contribution in [0.2, 0.25) is 0 Å². The number of likely N-dealkylation sites (N-methyl/N-ethyl adjacent to an activating group) is 2. The molecule has 0 N–H and O–H groups in total. The number of benzene rings is 1. The van der Waals surface area contributed by atoms with Crippen molar-refractivity contribution in [3.05, 3.63) is 42.0 Å². The van der Waals surface area contributed by atoms with Crippen LogP contribution in [-0.2, 0) is 4.79 Å². The lowest BCUT2D eigenvalue weighted by molar-refractivity contribution is -0.131. The van der Waals surface area contributed by atoms with Gasteiger partial charge in [-0.1, -0.05) is 42.5 Å². The molecule has 0 atom stereocenters. The van der Waals surface area contributed by atoms with E-state index < -0.39 is 0 Å². The first kappa shape index (κ1) is 15.4. The molecule has 104 valence electrons. The minimum Gasteiger partial charge on any atom is -0.342 e. The first-order valence-corrected chi connectivity index (χ1v) is 6.85. The molecule has 1 aromatic carbocycles. The highest BCUT2D eigenvalue weighted by Crippen LogP contribution is 2.01. The summed E-state index contributed by atoms with van der Waals surface area (Å²) in [5.41, 5.74) is 1.19. The average molecular weight is 260 g/mol. The second-order valence-electron chi connectivity index (χ2n) is 4.58. The molecule has 1 rings (SSSR count). The lowest BCUT2D eigenvalue weighted by atomic mass is 10.2. The third-order valence-electron chi connectivity index (χ3n) is 3.05. The van der Waals surface area contributed by atoms with Crippen LogP contribution in [-0.4, -0.2) is 48.9 Å². The third kappa shape index (κ3) is 5.71. The van der Waals surface area contributed by atoms with E-state index >= 15 is 0 Å². The van der Waals surface area contributed by atoms with E-state index in [2.05, 4.69) is 24.3 Å². The summed E-state index contributed by atoms with van der Waals surface area (Å²) in [5.74, 6) is 0.195. The van der Waals surface area contributed by atoms with E-state index in [9.17, 15) is 4.79 Å². The molecular formula is C16H24N2O. The number of hydrogen-bond donors (Lipinski definition) is 0. The van der Waals surface area contributed by atoms with Gasteiger partial charge in [0.25, 0.3) is 0 Å². The Morgan fingerprint density at radius 2 is 1.79 bits per heavy atom. The van der Waals surface area contributed by atoms with Crippen molar-refractivity contribution in [2.75, 3.05) is 33.2 Å². The van der Waals surface area contributed by atoms with Gasteiger partial charge in [-0.2, -0.15) is 0 Å². The second kappa shape index (κ2) is 8.48. The highest BCUT2D eigenvalue weighted by Gasteiger charge is 2.10. The number of carbonyl (C=O) groups excluding carboxylic acids is 1. The van der Waals surface area contributed by atoms with Crippen LogP contribution in [0.25, 0.3) is 6.08 Å². The van der Waals surface area contributed by atoms with Crippen molar-refractivity contribution in [1.29, 1.82) is 0 Å². The van der Waals surface area contributed by atoms with Crippen LogP contribution in [0.5, 0.6) is 0 Å². The Labute approximate surface area is 116 Å². The van der Waals surface area contributed by atoms with Crippen molar-refractivity contribution >= 4 is 12.0 Å². The van der Waals surface area contributed by atoms with E-state index in [0.29, 0.717) is 6.54 Å². The Morgan fingerprint density at radius 1 is 1.16 bits per heavy atom. The lowest BCUT2D eigenvalue weighted by Gasteiger charge is -2.22. The van der Waals surface area contributed by atoms with Gasteiger partial charge in [-0.15, -0.1) is 0 Å². The van der Waals surface area contributed by atoms with Gasteiger partial charge in [-0.25, -0.2) is 0 Å². The van der Waals surface area contributed by atoms with Crippen LogP contribution in [0.1, 0.15) is 19.4 Å². The summed E-state index contributed by atoms with van der Waals surface area (Å²) >= 11 is 0. The van der Waals surface area contributed by atoms with E-state index in [0.717, 1.165) is 19.6 Å². The quantitative estimate of drug-likeness (QED) is 0.752. The van der Waals surface area contributed by atoms with Crippen LogP contribution >= 0.6 is 0 Å². The Bertz CT molecular complexity index is 396. The molecule has 0 aliphatic carbocycles. The van der Waals surface area contributed by atoms with Gasteiger partial charge in [0.1, 0.15) is 0 Å². The Balaban J connectivity index is 2.37. The Kier molecular flexibility index (Phi) is 6.90. The van der Waals surface area contributed by atoms with Crippen molar-refractivity contribution in [3.63, 3.8) is 0 Å². The largest absolute Gasteiger partial charge is 0.342 e. The number of amides is 1. The minimum atomic E-state index is 0.195. The van der Waals surface area contributed by atoms with Gasteiger partial charge >= 0.3 is 0 Å². The van der Waals surface area contributed by atoms with Crippen molar-refractivity contribution in [1.82, 2.24) is 9.80 Å². The molecule has 0 radical (unpaired) electrons. The van der Waals surface area contributed by atoms with Crippen molar-refractivity contribution in [2.24, 2.45) is 0 Å². The first-order valence-electron chi connectivity index (χ1n) is 6.85. The van der Waals surface area contributed by atoms with Crippen LogP contribution in [0, 0.1) is 0 Å². The Morgan fingerprint density at radius 3 is 2.37 bits per heavy atom. The molecule has 0 spiro atoms. The molecule has 0 aliphatic heterocycles. The van der Waals surface area contributed by atoms with Gasteiger partial charge in [0.2, 0.25) is 5.91 Å². The molecule has 0 fully saturated rings. The number of nitrogens with zero attached hydrogens (tertiary/aromatic N) is 2. The maximum absolute atomic E-state index is 11.9. The van der Waals surface area contributed by atoms with Crippen LogP contribution in [0.4, 0.5) is 0 Å². The van der Waals surface area contributed by atoms with E-state index in [1.54, 1.807) is 0 Å². The van der Waals surface area contributed by atoms with Crippen LogP contribution in [0.3, 0.4) is 0 Å². The highest BCUT2D eigenvalue weighted by atomic mass is 16.2. The van der Waals surface area contributed by atoms with Crippen molar-refractivity contribution < 1.29 is 4.79 Å². The summed E-state index contributed by atoms with van der Waals surface area (Å²) in [6.45, 7) is 6.84. The molecule has 0 aromatic heterocycles. The predicted octanol–water partition coefficient (Wildman–Crippen LogP) is 2.50. The third-order valence-corrected chi connectivity index (χ3v) is 3.05. The molecule has 0 saturated carbocycles. The Hall–Kier alpha value is -1.61. The van der Waals surface area contributed by atoms with Gasteiger partial charge in [-0.05, 0) is 26.5 Å². The fourth-order valence-corrected chi connectivity index (χ4v) is 1.90. The zero-order chi connectivity index (χ0) is 14.1. The van der Waals surface area contributed by atoms with Crippen molar-refractivity contribution in [3.8, 4) is 0 Å². The van der Waals surface area contributed by atoms with E-state index in [-0.39, 0.29) is 5.91 Å². The number of rotatable bonds is 7. The molecule has 3 nitrogen and oxygen atoms in total. The summed E-state index contributed by atoms with van der Waals surface area (Å²) in [6.07, 6.45) is 4.17. The standard InChI is InChI=1S/C16H24N2O/c1-4-18(5-2)16(19)14-17(3)13-9-12-15-10-7-6-8-11-15/h6-12H,4-5,13-14H2,1-3H3/b12-9+. The summed E-state index contributed by atoms with van der Waals surface area (Å²) in [7, 11) is 1.97. The van der Waals surface area contributed by atoms with E-state index in [1.807, 2.05) is 48.9 Å². The van der Waals surface area contributed by atoms with Crippen LogP contribution < -0.4 is 0 Å². The molecule has 3 heteroatoms. The van der Waals surface area contributed by atoms with E-state index in [1.165, 1.54) is 5.56 Å². The monoisotopic (exact) mass is 260 g/mol. The molecule has 0 saturated heterocycles. The molecule has 0 heterocycles. The van der Waals surface area contributed by atoms with Crippen molar-refractivity contribution in [2.45, 2.75) is 13.8 Å². The average Bonchev–Trinajstić information content (AvgIpc) is 2.41. The topological polar surface area (TPSA) is 23.6 Å². The molecule has 19 heavy (non-hydrogen) atoms. The maximum Gasteiger partial charge on any atom is 0.236 e. The van der Waals surface area contributed by atoms with E-state index in [4.69, 9.17) is 0 Å². The summed E-state index contributed by atoms with van der Waals surface area (Å²) in [5, 5.41) is 0. The van der Waals surface area contributed by atoms with Gasteiger partial charge in [0.15, 0.2) is 0 Å². The van der Waals surface area contributed by atoms with Gasteiger partial charge in [0.05, 0.1) is 6.54 Å². The summed E-state index contributed by atoms with van der Waals surface area (Å²) in [4.78, 5) is 15.8. The molecular weight excluding hydrogens is 236 g/mol. The molecule has 1 amide bonds.